The van der Waals surface area contributed by atoms with E-state index in [0.29, 0.717) is 12.8 Å². The summed E-state index contributed by atoms with van der Waals surface area (Å²) < 4.78 is 32.2. The average Bonchev–Trinajstić information content (AvgIpc) is 2.51. The van der Waals surface area contributed by atoms with Crippen LogP contribution >= 0.6 is 0 Å². The summed E-state index contributed by atoms with van der Waals surface area (Å²) in [5.74, 6) is 0. The molecule has 0 radical (unpaired) electrons. The molecule has 2 atom stereocenters. The van der Waals surface area contributed by atoms with Crippen molar-refractivity contribution in [1.29, 1.82) is 0 Å². The van der Waals surface area contributed by atoms with Crippen molar-refractivity contribution in [1.82, 2.24) is 0 Å². The Kier molecular flexibility index (Phi) is 15.1. The van der Waals surface area contributed by atoms with Crippen molar-refractivity contribution in [2.45, 2.75) is 122 Å². The highest BCUT2D eigenvalue weighted by Gasteiger charge is 2.25. The van der Waals surface area contributed by atoms with Crippen LogP contribution in [0.3, 0.4) is 0 Å². The van der Waals surface area contributed by atoms with Gasteiger partial charge in [0.15, 0.2) is 0 Å². The van der Waals surface area contributed by atoms with Crippen LogP contribution in [0.15, 0.2) is 0 Å². The number of aliphatic hydroxyl groups excluding tert-OH is 1. The predicted octanol–water partition coefficient (Wildman–Crippen LogP) is 5.50. The molecule has 0 aromatic carbocycles. The highest BCUT2D eigenvalue weighted by Crippen LogP contribution is 2.19. The van der Waals surface area contributed by atoms with E-state index in [1.54, 1.807) is 0 Å². The molecule has 0 aliphatic carbocycles. The third-order valence-corrected chi connectivity index (χ3v) is 6.00. The molecular formula is C19H40O4S. The molecule has 0 amide bonds. The lowest BCUT2D eigenvalue weighted by molar-refractivity contribution is 0.146. The molecule has 0 rings (SSSR count). The molecule has 0 saturated carbocycles. The molecule has 4 nitrogen and oxygen atoms in total. The second-order valence-corrected chi connectivity index (χ2v) is 8.84. The lowest BCUT2D eigenvalue weighted by Crippen LogP contribution is -2.26. The predicted molar refractivity (Wildman–Crippen MR) is 102 cm³/mol. The minimum atomic E-state index is -4.05. The van der Waals surface area contributed by atoms with E-state index in [9.17, 15) is 18.1 Å². The van der Waals surface area contributed by atoms with Gasteiger partial charge in [0.05, 0.1) is 11.4 Å². The monoisotopic (exact) mass is 364 g/mol. The van der Waals surface area contributed by atoms with Crippen molar-refractivity contribution in [3.05, 3.63) is 0 Å². The van der Waals surface area contributed by atoms with E-state index in [1.165, 1.54) is 44.9 Å². The van der Waals surface area contributed by atoms with Crippen LogP contribution in [0, 0.1) is 0 Å². The van der Waals surface area contributed by atoms with Crippen LogP contribution in [-0.2, 0) is 10.1 Å². The summed E-state index contributed by atoms with van der Waals surface area (Å²) in [6.45, 7) is 4.28. The molecule has 0 bridgehead atoms. The fourth-order valence-corrected chi connectivity index (χ4v) is 4.05. The van der Waals surface area contributed by atoms with E-state index < -0.39 is 21.5 Å². The zero-order chi connectivity index (χ0) is 18.3. The number of aliphatic hydroxyl groups is 1. The van der Waals surface area contributed by atoms with Gasteiger partial charge in [0.25, 0.3) is 10.1 Å². The Morgan fingerprint density at radius 1 is 0.708 bits per heavy atom. The van der Waals surface area contributed by atoms with E-state index in [-0.39, 0.29) is 6.42 Å². The van der Waals surface area contributed by atoms with Crippen molar-refractivity contribution in [3.8, 4) is 0 Å². The molecule has 0 aromatic heterocycles. The van der Waals surface area contributed by atoms with Gasteiger partial charge < -0.3 is 5.11 Å². The molecule has 0 aliphatic rings. The van der Waals surface area contributed by atoms with Crippen LogP contribution in [0.5, 0.6) is 0 Å². The average molecular weight is 365 g/mol. The van der Waals surface area contributed by atoms with Gasteiger partial charge in [-0.25, -0.2) is 0 Å². The molecule has 5 heteroatoms. The smallest absolute Gasteiger partial charge is 0.267 e. The summed E-state index contributed by atoms with van der Waals surface area (Å²) in [6, 6.07) is 0. The summed E-state index contributed by atoms with van der Waals surface area (Å²) in [4.78, 5) is 0. The highest BCUT2D eigenvalue weighted by molar-refractivity contribution is 7.86. The maximum Gasteiger partial charge on any atom is 0.267 e. The van der Waals surface area contributed by atoms with Gasteiger partial charge in [0, 0.05) is 0 Å². The first-order valence-electron chi connectivity index (χ1n) is 10.1. The molecule has 0 aliphatic heterocycles. The topological polar surface area (TPSA) is 74.6 Å². The van der Waals surface area contributed by atoms with Gasteiger partial charge in [-0.2, -0.15) is 8.42 Å². The van der Waals surface area contributed by atoms with E-state index in [0.717, 1.165) is 32.1 Å². The van der Waals surface area contributed by atoms with E-state index in [2.05, 4.69) is 13.8 Å². The van der Waals surface area contributed by atoms with Crippen molar-refractivity contribution < 1.29 is 18.1 Å². The zero-order valence-corrected chi connectivity index (χ0v) is 16.7. The number of unbranched alkanes of at least 4 members (excludes halogenated alkanes) is 10. The highest BCUT2D eigenvalue weighted by atomic mass is 32.2. The summed E-state index contributed by atoms with van der Waals surface area (Å²) in [7, 11) is -4.05. The van der Waals surface area contributed by atoms with Crippen LogP contribution in [0.4, 0.5) is 0 Å². The Bertz CT molecular complexity index is 368. The summed E-state index contributed by atoms with van der Waals surface area (Å²) in [6.07, 6.45) is 14.4. The molecule has 0 fully saturated rings. The molecule has 2 N–H and O–H groups in total. The minimum Gasteiger partial charge on any atom is -0.393 e. The molecule has 0 heterocycles. The summed E-state index contributed by atoms with van der Waals surface area (Å²) in [5, 5.41) is 9.26. The molecule has 0 saturated heterocycles. The Morgan fingerprint density at radius 3 is 1.62 bits per heavy atom. The van der Waals surface area contributed by atoms with E-state index in [1.807, 2.05) is 0 Å². The van der Waals surface area contributed by atoms with E-state index >= 15 is 0 Å². The first kappa shape index (κ1) is 23.9. The van der Waals surface area contributed by atoms with Crippen LogP contribution in [0.2, 0.25) is 0 Å². The standard InChI is InChI=1S/C19H40O4S/c1-3-5-7-8-9-10-11-12-14-15-18(20)17-19(24(21,22)23)16-13-6-4-2/h18-20H,3-17H2,1-2H3,(H,21,22,23). The van der Waals surface area contributed by atoms with Crippen molar-refractivity contribution in [2.24, 2.45) is 0 Å². The maximum atomic E-state index is 11.4. The minimum absolute atomic E-state index is 0.166. The summed E-state index contributed by atoms with van der Waals surface area (Å²) in [5.41, 5.74) is 0. The van der Waals surface area contributed by atoms with Gasteiger partial charge >= 0.3 is 0 Å². The number of rotatable bonds is 17. The first-order valence-corrected chi connectivity index (χ1v) is 11.6. The fraction of sp³-hybridized carbons (Fsp3) is 1.00. The van der Waals surface area contributed by atoms with Crippen LogP contribution in [0.1, 0.15) is 110 Å². The van der Waals surface area contributed by atoms with Crippen LogP contribution in [-0.4, -0.2) is 29.4 Å². The Labute approximate surface area is 150 Å². The lowest BCUT2D eigenvalue weighted by Gasteiger charge is -2.18. The fourth-order valence-electron chi connectivity index (χ4n) is 3.12. The second-order valence-electron chi connectivity index (χ2n) is 7.14. The van der Waals surface area contributed by atoms with Gasteiger partial charge in [-0.1, -0.05) is 90.9 Å². The Morgan fingerprint density at radius 2 is 1.12 bits per heavy atom. The first-order chi connectivity index (χ1) is 11.4. The van der Waals surface area contributed by atoms with Gasteiger partial charge in [0.1, 0.15) is 0 Å². The quantitative estimate of drug-likeness (QED) is 0.264. The van der Waals surface area contributed by atoms with E-state index in [4.69, 9.17) is 0 Å². The van der Waals surface area contributed by atoms with Gasteiger partial charge in [-0.3, -0.25) is 4.55 Å². The summed E-state index contributed by atoms with van der Waals surface area (Å²) >= 11 is 0. The Balaban J connectivity index is 3.78. The largest absolute Gasteiger partial charge is 0.393 e. The zero-order valence-electron chi connectivity index (χ0n) is 15.9. The lowest BCUT2D eigenvalue weighted by atomic mass is 10.0. The molecular weight excluding hydrogens is 324 g/mol. The molecule has 146 valence electrons. The Hall–Kier alpha value is -0.130. The number of hydrogen-bond donors (Lipinski definition) is 2. The van der Waals surface area contributed by atoms with Crippen molar-refractivity contribution in [2.75, 3.05) is 0 Å². The van der Waals surface area contributed by atoms with Gasteiger partial charge in [-0.15, -0.1) is 0 Å². The molecule has 24 heavy (non-hydrogen) atoms. The molecule has 0 spiro atoms. The van der Waals surface area contributed by atoms with Gasteiger partial charge in [0.2, 0.25) is 0 Å². The third-order valence-electron chi connectivity index (χ3n) is 4.73. The maximum absolute atomic E-state index is 11.4. The van der Waals surface area contributed by atoms with Gasteiger partial charge in [-0.05, 0) is 19.3 Å². The normalized spacial score (nSPS) is 14.7. The number of hydrogen-bond acceptors (Lipinski definition) is 3. The second kappa shape index (κ2) is 15.2. The SMILES string of the molecule is CCCCCCCCCCCC(O)CC(CCCCC)S(=O)(=O)O. The van der Waals surface area contributed by atoms with Crippen molar-refractivity contribution in [3.63, 3.8) is 0 Å². The van der Waals surface area contributed by atoms with Crippen LogP contribution in [0.25, 0.3) is 0 Å². The third kappa shape index (κ3) is 14.2. The van der Waals surface area contributed by atoms with Crippen molar-refractivity contribution >= 4 is 10.1 Å². The molecule has 2 unspecified atom stereocenters. The molecule has 0 aromatic rings. The van der Waals surface area contributed by atoms with Crippen LogP contribution < -0.4 is 0 Å².